The highest BCUT2D eigenvalue weighted by molar-refractivity contribution is 5.82. The number of benzene rings is 2. The molecule has 0 unspecified atom stereocenters. The molecule has 1 aliphatic rings. The Kier molecular flexibility index (Phi) is 4.07. The van der Waals surface area contributed by atoms with E-state index < -0.39 is 0 Å². The third-order valence-electron chi connectivity index (χ3n) is 4.90. The van der Waals surface area contributed by atoms with Crippen LogP contribution in [-0.2, 0) is 6.42 Å². The van der Waals surface area contributed by atoms with Gasteiger partial charge in [0, 0.05) is 19.6 Å². The van der Waals surface area contributed by atoms with Crippen molar-refractivity contribution in [2.45, 2.75) is 25.3 Å². The lowest BCUT2D eigenvalue weighted by Crippen LogP contribution is -2.36. The van der Waals surface area contributed by atoms with Crippen LogP contribution in [0.15, 0.2) is 55.1 Å². The lowest BCUT2D eigenvalue weighted by Gasteiger charge is -2.31. The lowest BCUT2D eigenvalue weighted by atomic mass is 10.0. The van der Waals surface area contributed by atoms with Gasteiger partial charge in [0.25, 0.3) is 0 Å². The molecule has 3 aromatic rings. The molecule has 1 aromatic heterocycles. The van der Waals surface area contributed by atoms with Crippen molar-refractivity contribution in [2.24, 2.45) is 0 Å². The third-order valence-corrected chi connectivity index (χ3v) is 4.90. The van der Waals surface area contributed by atoms with E-state index in [1.807, 2.05) is 11.0 Å². The van der Waals surface area contributed by atoms with Gasteiger partial charge in [-0.25, -0.2) is 9.67 Å². The second-order valence-corrected chi connectivity index (χ2v) is 6.38. The van der Waals surface area contributed by atoms with Gasteiger partial charge in [0.15, 0.2) is 0 Å². The molecule has 0 atom stereocenters. The van der Waals surface area contributed by atoms with Gasteiger partial charge < -0.3 is 4.90 Å². The van der Waals surface area contributed by atoms with Crippen LogP contribution in [0.3, 0.4) is 0 Å². The topological polar surface area (TPSA) is 34.0 Å². The van der Waals surface area contributed by atoms with Crippen LogP contribution in [0.4, 0.5) is 0 Å². The maximum absolute atomic E-state index is 4.27. The summed E-state index contributed by atoms with van der Waals surface area (Å²) in [6.45, 7) is 3.44. The molecule has 0 radical (unpaired) electrons. The van der Waals surface area contributed by atoms with Crippen molar-refractivity contribution in [1.82, 2.24) is 19.7 Å². The van der Waals surface area contributed by atoms with Gasteiger partial charge in [-0.2, -0.15) is 5.10 Å². The van der Waals surface area contributed by atoms with Gasteiger partial charge >= 0.3 is 0 Å². The van der Waals surface area contributed by atoms with Gasteiger partial charge in [0.05, 0.1) is 6.04 Å². The van der Waals surface area contributed by atoms with Crippen LogP contribution in [0.1, 0.15) is 24.4 Å². The molecule has 4 heteroatoms. The molecular weight excluding hydrogens is 284 g/mol. The average molecular weight is 306 g/mol. The van der Waals surface area contributed by atoms with Crippen LogP contribution in [0.2, 0.25) is 0 Å². The number of hydrogen-bond acceptors (Lipinski definition) is 3. The van der Waals surface area contributed by atoms with Crippen molar-refractivity contribution in [3.8, 4) is 0 Å². The Morgan fingerprint density at radius 2 is 1.83 bits per heavy atom. The molecule has 2 aromatic carbocycles. The summed E-state index contributed by atoms with van der Waals surface area (Å²) in [6, 6.07) is 15.9. The molecule has 23 heavy (non-hydrogen) atoms. The molecular formula is C19H22N4. The molecule has 0 bridgehead atoms. The number of likely N-dealkylation sites (tertiary alicyclic amines) is 1. The second kappa shape index (κ2) is 6.50. The largest absolute Gasteiger partial charge is 0.303 e. The maximum Gasteiger partial charge on any atom is 0.137 e. The first-order valence-corrected chi connectivity index (χ1v) is 8.43. The predicted octanol–water partition coefficient (Wildman–Crippen LogP) is 3.31. The van der Waals surface area contributed by atoms with Gasteiger partial charge in [-0.1, -0.05) is 42.5 Å². The zero-order valence-corrected chi connectivity index (χ0v) is 13.3. The van der Waals surface area contributed by atoms with Crippen LogP contribution in [-0.4, -0.2) is 39.3 Å². The van der Waals surface area contributed by atoms with Crippen LogP contribution >= 0.6 is 0 Å². The predicted molar refractivity (Wildman–Crippen MR) is 92.4 cm³/mol. The fourth-order valence-electron chi connectivity index (χ4n) is 3.49. The number of hydrogen-bond donors (Lipinski definition) is 0. The molecule has 4 nitrogen and oxygen atoms in total. The van der Waals surface area contributed by atoms with E-state index in [0.29, 0.717) is 6.04 Å². The van der Waals surface area contributed by atoms with Crippen molar-refractivity contribution >= 4 is 10.8 Å². The maximum atomic E-state index is 4.27. The molecule has 1 saturated heterocycles. The van der Waals surface area contributed by atoms with Crippen LogP contribution in [0.25, 0.3) is 10.8 Å². The van der Waals surface area contributed by atoms with Crippen molar-refractivity contribution in [3.05, 3.63) is 60.7 Å². The first-order chi connectivity index (χ1) is 11.4. The summed E-state index contributed by atoms with van der Waals surface area (Å²) in [5.74, 6) is 0. The summed E-state index contributed by atoms with van der Waals surface area (Å²) in [4.78, 5) is 6.63. The van der Waals surface area contributed by atoms with Crippen molar-refractivity contribution in [2.75, 3.05) is 19.6 Å². The minimum atomic E-state index is 0.523. The number of fused-ring (bicyclic) bond motifs is 1. The Hall–Kier alpha value is -2.20. The highest BCUT2D eigenvalue weighted by Gasteiger charge is 2.20. The Morgan fingerprint density at radius 1 is 1.00 bits per heavy atom. The van der Waals surface area contributed by atoms with Gasteiger partial charge in [-0.15, -0.1) is 0 Å². The zero-order valence-electron chi connectivity index (χ0n) is 13.3. The summed E-state index contributed by atoms with van der Waals surface area (Å²) in [6.07, 6.45) is 6.93. The number of rotatable bonds is 4. The van der Waals surface area contributed by atoms with E-state index in [9.17, 15) is 0 Å². The molecule has 1 fully saturated rings. The molecule has 0 aliphatic carbocycles. The first-order valence-electron chi connectivity index (χ1n) is 8.43. The quantitative estimate of drug-likeness (QED) is 0.741. The SMILES string of the molecule is c1ccc2cc(CCN3CCC(n4cncn4)CC3)ccc2c1. The van der Waals surface area contributed by atoms with E-state index in [-0.39, 0.29) is 0 Å². The monoisotopic (exact) mass is 306 g/mol. The molecule has 0 spiro atoms. The highest BCUT2D eigenvalue weighted by atomic mass is 15.3. The molecule has 4 rings (SSSR count). The van der Waals surface area contributed by atoms with E-state index in [4.69, 9.17) is 0 Å². The summed E-state index contributed by atoms with van der Waals surface area (Å²) in [5.41, 5.74) is 1.43. The first kappa shape index (κ1) is 14.4. The minimum Gasteiger partial charge on any atom is -0.303 e. The third kappa shape index (κ3) is 3.27. The highest BCUT2D eigenvalue weighted by Crippen LogP contribution is 2.22. The van der Waals surface area contributed by atoms with Gasteiger partial charge in [-0.05, 0) is 35.6 Å². The van der Waals surface area contributed by atoms with Crippen molar-refractivity contribution in [1.29, 1.82) is 0 Å². The summed E-state index contributed by atoms with van der Waals surface area (Å²) >= 11 is 0. The number of aromatic nitrogens is 3. The van der Waals surface area contributed by atoms with Crippen molar-refractivity contribution in [3.63, 3.8) is 0 Å². The summed E-state index contributed by atoms with van der Waals surface area (Å²) in [5, 5.41) is 6.94. The Bertz CT molecular complexity index is 758. The Balaban J connectivity index is 1.32. The normalized spacial score (nSPS) is 16.9. The zero-order chi connectivity index (χ0) is 15.5. The molecule has 118 valence electrons. The Morgan fingerprint density at radius 3 is 2.61 bits per heavy atom. The summed E-state index contributed by atoms with van der Waals surface area (Å²) < 4.78 is 2.01. The number of piperidine rings is 1. The fraction of sp³-hybridized carbons (Fsp3) is 0.368. The van der Waals surface area contributed by atoms with Crippen LogP contribution in [0.5, 0.6) is 0 Å². The van der Waals surface area contributed by atoms with Gasteiger partial charge in [0.2, 0.25) is 0 Å². The minimum absolute atomic E-state index is 0.523. The van der Waals surface area contributed by atoms with E-state index in [1.54, 1.807) is 6.33 Å². The smallest absolute Gasteiger partial charge is 0.137 e. The molecule has 1 aliphatic heterocycles. The van der Waals surface area contributed by atoms with E-state index in [1.165, 1.54) is 29.2 Å². The lowest BCUT2D eigenvalue weighted by molar-refractivity contribution is 0.181. The molecule has 0 amide bonds. The van der Waals surface area contributed by atoms with Crippen LogP contribution in [0, 0.1) is 0 Å². The fourth-order valence-corrected chi connectivity index (χ4v) is 3.49. The van der Waals surface area contributed by atoms with Gasteiger partial charge in [-0.3, -0.25) is 0 Å². The van der Waals surface area contributed by atoms with Gasteiger partial charge in [0.1, 0.15) is 12.7 Å². The van der Waals surface area contributed by atoms with Crippen LogP contribution < -0.4 is 0 Å². The Labute approximate surface area is 136 Å². The van der Waals surface area contributed by atoms with E-state index >= 15 is 0 Å². The number of nitrogens with zero attached hydrogens (tertiary/aromatic N) is 4. The second-order valence-electron chi connectivity index (χ2n) is 6.38. The van der Waals surface area contributed by atoms with E-state index in [0.717, 1.165) is 26.1 Å². The summed E-state index contributed by atoms with van der Waals surface area (Å²) in [7, 11) is 0. The molecule has 0 saturated carbocycles. The standard InChI is InChI=1S/C19H22N4/c1-2-4-18-13-16(5-6-17(18)3-1)7-10-22-11-8-19(9-12-22)23-15-20-14-21-23/h1-6,13-15,19H,7-12H2. The van der Waals surface area contributed by atoms with Crippen molar-refractivity contribution < 1.29 is 0 Å². The molecule has 2 heterocycles. The molecule has 0 N–H and O–H groups in total. The van der Waals surface area contributed by atoms with E-state index in [2.05, 4.69) is 57.4 Å². The average Bonchev–Trinajstić information content (AvgIpc) is 3.15.